The number of halogens is 1. The molecule has 1 aliphatic rings. The van der Waals surface area contributed by atoms with Crippen LogP contribution in [-0.2, 0) is 0 Å². The van der Waals surface area contributed by atoms with Crippen molar-refractivity contribution in [3.8, 4) is 0 Å². The van der Waals surface area contributed by atoms with Crippen molar-refractivity contribution < 1.29 is 4.92 Å². The van der Waals surface area contributed by atoms with Gasteiger partial charge < -0.3 is 5.32 Å². The Morgan fingerprint density at radius 2 is 2.11 bits per heavy atom. The van der Waals surface area contributed by atoms with Crippen LogP contribution in [0.25, 0.3) is 0 Å². The van der Waals surface area contributed by atoms with E-state index in [1.807, 2.05) is 0 Å². The average molecular weight is 327 g/mol. The maximum Gasteiger partial charge on any atom is 0.283 e. The minimum Gasteiger partial charge on any atom is -0.382 e. The van der Waals surface area contributed by atoms with E-state index in [4.69, 9.17) is 0 Å². The van der Waals surface area contributed by atoms with Crippen LogP contribution in [0.1, 0.15) is 33.1 Å². The molecule has 1 N–H and O–H groups in total. The summed E-state index contributed by atoms with van der Waals surface area (Å²) in [4.78, 5) is 10.4. The van der Waals surface area contributed by atoms with E-state index in [0.717, 1.165) is 18.0 Å². The molecule has 0 amide bonds. The van der Waals surface area contributed by atoms with Gasteiger partial charge in [0.25, 0.3) is 5.69 Å². The fourth-order valence-corrected chi connectivity index (χ4v) is 3.36. The van der Waals surface area contributed by atoms with Crippen LogP contribution < -0.4 is 5.32 Å². The van der Waals surface area contributed by atoms with Crippen LogP contribution in [0.15, 0.2) is 22.7 Å². The van der Waals surface area contributed by atoms with Crippen molar-refractivity contribution in [3.63, 3.8) is 0 Å². The Hall–Kier alpha value is -1.10. The van der Waals surface area contributed by atoms with Gasteiger partial charge in [-0.25, -0.2) is 0 Å². The highest BCUT2D eigenvalue weighted by Gasteiger charge is 2.25. The highest BCUT2D eigenvalue weighted by Crippen LogP contribution is 2.33. The first-order valence-electron chi connectivity index (χ1n) is 6.68. The van der Waals surface area contributed by atoms with E-state index in [2.05, 4.69) is 35.1 Å². The van der Waals surface area contributed by atoms with Crippen molar-refractivity contribution in [1.82, 2.24) is 0 Å². The van der Waals surface area contributed by atoms with Gasteiger partial charge in [0.1, 0.15) is 0 Å². The van der Waals surface area contributed by atoms with Crippen LogP contribution in [0.3, 0.4) is 0 Å². The van der Waals surface area contributed by atoms with E-state index in [9.17, 15) is 10.1 Å². The second kappa shape index (κ2) is 5.90. The van der Waals surface area contributed by atoms with Crippen LogP contribution in [0, 0.1) is 22.0 Å². The van der Waals surface area contributed by atoms with E-state index in [0.29, 0.717) is 16.4 Å². The third-order valence-electron chi connectivity index (χ3n) is 3.93. The Morgan fingerprint density at radius 3 is 2.68 bits per heavy atom. The summed E-state index contributed by atoms with van der Waals surface area (Å²) in [5, 5.41) is 14.3. The largest absolute Gasteiger partial charge is 0.382 e. The van der Waals surface area contributed by atoms with Gasteiger partial charge in [-0.1, -0.05) is 13.8 Å². The summed E-state index contributed by atoms with van der Waals surface area (Å²) in [6.45, 7) is 4.57. The minimum absolute atomic E-state index is 0.107. The van der Waals surface area contributed by atoms with Crippen molar-refractivity contribution in [2.24, 2.45) is 11.8 Å². The zero-order chi connectivity index (χ0) is 14.0. The van der Waals surface area contributed by atoms with E-state index in [1.54, 1.807) is 18.2 Å². The lowest BCUT2D eigenvalue weighted by Gasteiger charge is -2.33. The van der Waals surface area contributed by atoms with Gasteiger partial charge in [0.05, 0.1) is 9.40 Å². The van der Waals surface area contributed by atoms with Gasteiger partial charge in [0, 0.05) is 17.8 Å². The summed E-state index contributed by atoms with van der Waals surface area (Å²) < 4.78 is 0.527. The summed E-state index contributed by atoms with van der Waals surface area (Å²) in [7, 11) is 0. The maximum absolute atomic E-state index is 10.8. The SMILES string of the molecule is CC1CCC(Nc2ccc([N+](=O)[O-])c(Br)c2)C(C)C1. The first-order chi connectivity index (χ1) is 8.97. The van der Waals surface area contributed by atoms with E-state index in [1.165, 1.54) is 12.8 Å². The molecule has 1 saturated carbocycles. The molecule has 0 aromatic heterocycles. The number of anilines is 1. The molecule has 4 nitrogen and oxygen atoms in total. The lowest BCUT2D eigenvalue weighted by Crippen LogP contribution is -2.32. The second-order valence-corrected chi connectivity index (χ2v) is 6.42. The predicted octanol–water partition coefficient (Wildman–Crippen LogP) is 4.59. The number of nitro groups is 1. The Labute approximate surface area is 121 Å². The third-order valence-corrected chi connectivity index (χ3v) is 4.56. The number of benzene rings is 1. The number of nitrogens with one attached hydrogen (secondary N) is 1. The zero-order valence-corrected chi connectivity index (χ0v) is 12.8. The van der Waals surface area contributed by atoms with Crippen LogP contribution in [-0.4, -0.2) is 11.0 Å². The molecule has 0 spiro atoms. The molecule has 1 aromatic rings. The number of nitrogens with zero attached hydrogens (tertiary/aromatic N) is 1. The maximum atomic E-state index is 10.8. The van der Waals surface area contributed by atoms with Crippen LogP contribution in [0.2, 0.25) is 0 Å². The first-order valence-corrected chi connectivity index (χ1v) is 7.47. The van der Waals surface area contributed by atoms with Gasteiger partial charge in [-0.3, -0.25) is 10.1 Å². The van der Waals surface area contributed by atoms with Crippen LogP contribution >= 0.6 is 15.9 Å². The Balaban J connectivity index is 2.07. The summed E-state index contributed by atoms with van der Waals surface area (Å²) in [5.41, 5.74) is 1.06. The first kappa shape index (κ1) is 14.3. The van der Waals surface area contributed by atoms with Crippen molar-refractivity contribution in [1.29, 1.82) is 0 Å². The Kier molecular flexibility index (Phi) is 4.45. The van der Waals surface area contributed by atoms with Crippen molar-refractivity contribution in [2.75, 3.05) is 5.32 Å². The van der Waals surface area contributed by atoms with E-state index < -0.39 is 0 Å². The molecule has 1 aromatic carbocycles. The molecule has 2 rings (SSSR count). The van der Waals surface area contributed by atoms with Crippen LogP contribution in [0.5, 0.6) is 0 Å². The molecule has 1 fully saturated rings. The average Bonchev–Trinajstić information content (AvgIpc) is 2.32. The molecule has 0 heterocycles. The smallest absolute Gasteiger partial charge is 0.283 e. The quantitative estimate of drug-likeness (QED) is 0.652. The number of rotatable bonds is 3. The summed E-state index contributed by atoms with van der Waals surface area (Å²) in [5.74, 6) is 1.44. The van der Waals surface area contributed by atoms with E-state index in [-0.39, 0.29) is 10.6 Å². The molecule has 0 bridgehead atoms. The van der Waals surface area contributed by atoms with Crippen molar-refractivity contribution in [3.05, 3.63) is 32.8 Å². The molecule has 0 radical (unpaired) electrons. The second-order valence-electron chi connectivity index (χ2n) is 5.57. The Morgan fingerprint density at radius 1 is 1.37 bits per heavy atom. The zero-order valence-electron chi connectivity index (χ0n) is 11.2. The summed E-state index contributed by atoms with van der Waals surface area (Å²) >= 11 is 3.26. The standard InChI is InChI=1S/C14H19BrN2O2/c1-9-3-5-13(10(2)7-9)16-11-4-6-14(17(18)19)12(15)8-11/h4,6,8-10,13,16H,3,5,7H2,1-2H3. The number of hydrogen-bond donors (Lipinski definition) is 1. The van der Waals surface area contributed by atoms with Gasteiger partial charge in [0.15, 0.2) is 0 Å². The van der Waals surface area contributed by atoms with Gasteiger partial charge in [-0.15, -0.1) is 0 Å². The summed E-state index contributed by atoms with van der Waals surface area (Å²) in [6.07, 6.45) is 3.65. The molecule has 5 heteroatoms. The molecule has 1 aliphatic carbocycles. The highest BCUT2D eigenvalue weighted by molar-refractivity contribution is 9.10. The van der Waals surface area contributed by atoms with Crippen molar-refractivity contribution in [2.45, 2.75) is 39.2 Å². The van der Waals surface area contributed by atoms with Gasteiger partial charge >= 0.3 is 0 Å². The van der Waals surface area contributed by atoms with Crippen molar-refractivity contribution >= 4 is 27.3 Å². The minimum atomic E-state index is -0.376. The summed E-state index contributed by atoms with van der Waals surface area (Å²) in [6, 6.07) is 5.59. The highest BCUT2D eigenvalue weighted by atomic mass is 79.9. The monoisotopic (exact) mass is 326 g/mol. The molecule has 3 unspecified atom stereocenters. The molecule has 104 valence electrons. The molecule has 0 saturated heterocycles. The topological polar surface area (TPSA) is 55.2 Å². The fourth-order valence-electron chi connectivity index (χ4n) is 2.84. The lowest BCUT2D eigenvalue weighted by molar-refractivity contribution is -0.385. The van der Waals surface area contributed by atoms with Gasteiger partial charge in [-0.05, 0) is 59.2 Å². The third kappa shape index (κ3) is 3.47. The molecule has 0 aliphatic heterocycles. The Bertz CT molecular complexity index is 479. The number of hydrogen-bond acceptors (Lipinski definition) is 3. The van der Waals surface area contributed by atoms with Gasteiger partial charge in [-0.2, -0.15) is 0 Å². The number of nitro benzene ring substituents is 1. The van der Waals surface area contributed by atoms with Gasteiger partial charge in [0.2, 0.25) is 0 Å². The predicted molar refractivity (Wildman–Crippen MR) is 80.4 cm³/mol. The molecule has 3 atom stereocenters. The van der Waals surface area contributed by atoms with E-state index >= 15 is 0 Å². The molecule has 19 heavy (non-hydrogen) atoms. The fraction of sp³-hybridized carbons (Fsp3) is 0.571. The lowest BCUT2D eigenvalue weighted by atomic mass is 9.80. The normalized spacial score (nSPS) is 27.0. The molecular weight excluding hydrogens is 308 g/mol. The van der Waals surface area contributed by atoms with Crippen LogP contribution in [0.4, 0.5) is 11.4 Å². The molecular formula is C14H19BrN2O2.